The Labute approximate surface area is 148 Å². The van der Waals surface area contributed by atoms with Gasteiger partial charge in [-0.25, -0.2) is 9.79 Å². The number of esters is 1. The van der Waals surface area contributed by atoms with Crippen molar-refractivity contribution in [3.63, 3.8) is 0 Å². The van der Waals surface area contributed by atoms with Crippen molar-refractivity contribution in [2.45, 2.75) is 0 Å². The molecule has 0 radical (unpaired) electrons. The molecule has 0 N–H and O–H groups in total. The van der Waals surface area contributed by atoms with Crippen LogP contribution in [0.2, 0.25) is 0 Å². The van der Waals surface area contributed by atoms with Gasteiger partial charge in [0, 0.05) is 6.08 Å². The summed E-state index contributed by atoms with van der Waals surface area (Å²) < 4.78 is 11.4. The standard InChI is InChI=1S/C19H14BrNO3/c1-23-16-12-15(24-19(22)14-10-6-3-7-11-14)18(21-16)17(20)13-8-4-2-5-9-13/h2-12H,1H3/b18-17-. The molecular weight excluding hydrogens is 370 g/mol. The minimum Gasteiger partial charge on any atom is -0.481 e. The minimum atomic E-state index is -0.444. The zero-order valence-corrected chi connectivity index (χ0v) is 14.5. The van der Waals surface area contributed by atoms with Gasteiger partial charge in [0.1, 0.15) is 5.70 Å². The molecule has 4 nitrogen and oxygen atoms in total. The van der Waals surface area contributed by atoms with E-state index in [1.165, 1.54) is 7.11 Å². The van der Waals surface area contributed by atoms with E-state index in [1.807, 2.05) is 36.4 Å². The lowest BCUT2D eigenvalue weighted by atomic mass is 10.2. The van der Waals surface area contributed by atoms with E-state index >= 15 is 0 Å². The van der Waals surface area contributed by atoms with Crippen molar-refractivity contribution in [1.82, 2.24) is 0 Å². The highest BCUT2D eigenvalue weighted by molar-refractivity contribution is 9.15. The minimum absolute atomic E-state index is 0.344. The fourth-order valence-corrected chi connectivity index (χ4v) is 2.72. The van der Waals surface area contributed by atoms with Crippen molar-refractivity contribution in [2.24, 2.45) is 4.99 Å². The van der Waals surface area contributed by atoms with E-state index in [2.05, 4.69) is 20.9 Å². The molecular formula is C19H14BrNO3. The summed E-state index contributed by atoms with van der Waals surface area (Å²) in [6.07, 6.45) is 1.60. The summed E-state index contributed by atoms with van der Waals surface area (Å²) in [6.45, 7) is 0. The maximum Gasteiger partial charge on any atom is 0.343 e. The number of methoxy groups -OCH3 is 1. The second-order valence-electron chi connectivity index (χ2n) is 4.95. The highest BCUT2D eigenvalue weighted by atomic mass is 79.9. The number of hydrogen-bond acceptors (Lipinski definition) is 4. The lowest BCUT2D eigenvalue weighted by Crippen LogP contribution is -2.05. The van der Waals surface area contributed by atoms with Crippen LogP contribution in [0.25, 0.3) is 4.48 Å². The molecule has 3 rings (SSSR count). The Morgan fingerprint density at radius 2 is 1.54 bits per heavy atom. The average Bonchev–Trinajstić information content (AvgIpc) is 3.05. The Bertz CT molecular complexity index is 839. The third-order valence-corrected chi connectivity index (χ3v) is 4.20. The van der Waals surface area contributed by atoms with Gasteiger partial charge >= 0.3 is 5.97 Å². The lowest BCUT2D eigenvalue weighted by molar-refractivity contribution is 0.0634. The van der Waals surface area contributed by atoms with Gasteiger partial charge in [0.2, 0.25) is 5.90 Å². The SMILES string of the molecule is COC1=N/C(=C(\Br)c2ccccc2)C(OC(=O)c2ccccc2)=C1. The number of rotatable bonds is 3. The number of carbonyl (C=O) groups excluding carboxylic acids is 1. The Morgan fingerprint density at radius 1 is 0.958 bits per heavy atom. The van der Waals surface area contributed by atoms with Crippen LogP contribution in [0.5, 0.6) is 0 Å². The average molecular weight is 384 g/mol. The second-order valence-corrected chi connectivity index (χ2v) is 5.74. The van der Waals surface area contributed by atoms with E-state index in [1.54, 1.807) is 30.3 Å². The van der Waals surface area contributed by atoms with Crippen molar-refractivity contribution >= 4 is 32.3 Å². The van der Waals surface area contributed by atoms with Crippen molar-refractivity contribution in [3.05, 3.63) is 89.3 Å². The monoisotopic (exact) mass is 383 g/mol. The Morgan fingerprint density at radius 3 is 2.12 bits per heavy atom. The van der Waals surface area contributed by atoms with E-state index in [0.717, 1.165) is 10.0 Å². The zero-order chi connectivity index (χ0) is 16.9. The second kappa shape index (κ2) is 7.27. The third-order valence-electron chi connectivity index (χ3n) is 3.37. The van der Waals surface area contributed by atoms with Crippen LogP contribution in [-0.2, 0) is 9.47 Å². The summed E-state index contributed by atoms with van der Waals surface area (Å²) in [5.41, 5.74) is 1.91. The number of benzene rings is 2. The first-order valence-electron chi connectivity index (χ1n) is 7.26. The molecule has 0 atom stereocenters. The molecule has 2 aromatic carbocycles. The molecule has 1 aliphatic rings. The smallest absolute Gasteiger partial charge is 0.343 e. The molecule has 0 unspecified atom stereocenters. The van der Waals surface area contributed by atoms with Crippen LogP contribution in [0.4, 0.5) is 0 Å². The van der Waals surface area contributed by atoms with Gasteiger partial charge < -0.3 is 9.47 Å². The van der Waals surface area contributed by atoms with Crippen LogP contribution < -0.4 is 0 Å². The van der Waals surface area contributed by atoms with E-state index in [4.69, 9.17) is 9.47 Å². The number of ether oxygens (including phenoxy) is 2. The highest BCUT2D eigenvalue weighted by Gasteiger charge is 2.23. The molecule has 0 amide bonds. The van der Waals surface area contributed by atoms with Gasteiger partial charge in [0.05, 0.1) is 17.2 Å². The van der Waals surface area contributed by atoms with Gasteiger partial charge in [-0.2, -0.15) is 0 Å². The van der Waals surface area contributed by atoms with Crippen molar-refractivity contribution in [3.8, 4) is 0 Å². The molecule has 0 spiro atoms. The molecule has 0 saturated carbocycles. The number of aliphatic imine (C=N–C) groups is 1. The summed E-state index contributed by atoms with van der Waals surface area (Å²) in [4.78, 5) is 16.7. The lowest BCUT2D eigenvalue weighted by Gasteiger charge is -2.08. The molecule has 0 fully saturated rings. The van der Waals surface area contributed by atoms with Gasteiger partial charge in [0.25, 0.3) is 0 Å². The van der Waals surface area contributed by atoms with Gasteiger partial charge in [-0.05, 0) is 33.6 Å². The van der Waals surface area contributed by atoms with Crippen LogP contribution >= 0.6 is 15.9 Å². The molecule has 0 aliphatic carbocycles. The largest absolute Gasteiger partial charge is 0.481 e. The molecule has 1 heterocycles. The van der Waals surface area contributed by atoms with Gasteiger partial charge in [-0.15, -0.1) is 0 Å². The predicted molar refractivity (Wildman–Crippen MR) is 96.7 cm³/mol. The Balaban J connectivity index is 1.93. The van der Waals surface area contributed by atoms with Crippen molar-refractivity contribution in [1.29, 1.82) is 0 Å². The Kier molecular flexibility index (Phi) is 4.91. The molecule has 0 saturated heterocycles. The molecule has 0 bridgehead atoms. The molecule has 1 aliphatic heterocycles. The maximum atomic E-state index is 12.3. The van der Waals surface area contributed by atoms with Crippen LogP contribution in [0.15, 0.2) is 83.2 Å². The van der Waals surface area contributed by atoms with E-state index in [0.29, 0.717) is 22.9 Å². The molecule has 24 heavy (non-hydrogen) atoms. The molecule has 2 aromatic rings. The van der Waals surface area contributed by atoms with Crippen molar-refractivity contribution < 1.29 is 14.3 Å². The summed E-state index contributed by atoms with van der Waals surface area (Å²) in [6, 6.07) is 18.5. The zero-order valence-electron chi connectivity index (χ0n) is 12.9. The fourth-order valence-electron chi connectivity index (χ4n) is 2.17. The summed E-state index contributed by atoms with van der Waals surface area (Å²) >= 11 is 3.54. The van der Waals surface area contributed by atoms with E-state index in [9.17, 15) is 4.79 Å². The number of halogens is 1. The van der Waals surface area contributed by atoms with Crippen molar-refractivity contribution in [2.75, 3.05) is 7.11 Å². The first-order valence-corrected chi connectivity index (χ1v) is 8.05. The first-order chi connectivity index (χ1) is 11.7. The maximum absolute atomic E-state index is 12.3. The number of nitrogens with zero attached hydrogens (tertiary/aromatic N) is 1. The fraction of sp³-hybridized carbons (Fsp3) is 0.0526. The topological polar surface area (TPSA) is 47.9 Å². The summed E-state index contributed by atoms with van der Waals surface area (Å²) in [7, 11) is 1.52. The predicted octanol–water partition coefficient (Wildman–Crippen LogP) is 4.55. The normalized spacial score (nSPS) is 15.4. The number of hydrogen-bond donors (Lipinski definition) is 0. The van der Waals surface area contributed by atoms with E-state index in [-0.39, 0.29) is 0 Å². The third kappa shape index (κ3) is 3.46. The highest BCUT2D eigenvalue weighted by Crippen LogP contribution is 2.33. The summed E-state index contributed by atoms with van der Waals surface area (Å²) in [5.74, 6) is 0.283. The quantitative estimate of drug-likeness (QED) is 0.730. The van der Waals surface area contributed by atoms with Gasteiger partial charge in [0.15, 0.2) is 5.76 Å². The van der Waals surface area contributed by atoms with Crippen LogP contribution in [0.3, 0.4) is 0 Å². The Hall–Kier alpha value is -2.66. The molecule has 5 heteroatoms. The van der Waals surface area contributed by atoms with Crippen LogP contribution in [0.1, 0.15) is 15.9 Å². The van der Waals surface area contributed by atoms with E-state index < -0.39 is 5.97 Å². The first kappa shape index (κ1) is 16.2. The van der Waals surface area contributed by atoms with Crippen LogP contribution in [0, 0.1) is 0 Å². The summed E-state index contributed by atoms with van der Waals surface area (Å²) in [5, 5.41) is 0. The van der Waals surface area contributed by atoms with Gasteiger partial charge in [-0.3, -0.25) is 0 Å². The number of carbonyl (C=O) groups is 1. The van der Waals surface area contributed by atoms with Gasteiger partial charge in [-0.1, -0.05) is 48.5 Å². The van der Waals surface area contributed by atoms with Crippen LogP contribution in [-0.4, -0.2) is 19.0 Å². The molecule has 120 valence electrons. The molecule has 0 aromatic heterocycles.